The lowest BCUT2D eigenvalue weighted by molar-refractivity contribution is 0.485. The molecule has 0 unspecified atom stereocenters. The van der Waals surface area contributed by atoms with E-state index in [4.69, 9.17) is 0 Å². The zero-order valence-corrected chi connectivity index (χ0v) is 10.8. The van der Waals surface area contributed by atoms with E-state index in [1.165, 1.54) is 19.2 Å². The number of nitrogens with zero attached hydrogens (tertiary/aromatic N) is 1. The Balaban J connectivity index is 3.23. The van der Waals surface area contributed by atoms with Crippen LogP contribution in [0.1, 0.15) is 6.92 Å². The molecule has 0 heterocycles. The third-order valence-electron chi connectivity index (χ3n) is 2.04. The predicted molar refractivity (Wildman–Crippen MR) is 59.6 cm³/mol. The molecule has 0 N–H and O–H groups in total. The van der Waals surface area contributed by atoms with Crippen molar-refractivity contribution in [3.63, 3.8) is 0 Å². The SMILES string of the molecule is CCN(C)S(=O)(=O)c1ccc(Br)c(F)c1. The predicted octanol–water partition coefficient (Wildman–Crippen LogP) is 2.23. The second-order valence-corrected chi connectivity index (χ2v) is 5.89. The van der Waals surface area contributed by atoms with Gasteiger partial charge in [0.05, 0.1) is 9.37 Å². The third-order valence-corrected chi connectivity index (χ3v) is 4.62. The minimum Gasteiger partial charge on any atom is -0.207 e. The minimum atomic E-state index is -3.56. The molecule has 0 saturated carbocycles. The summed E-state index contributed by atoms with van der Waals surface area (Å²) in [4.78, 5) is -0.0347. The van der Waals surface area contributed by atoms with E-state index in [2.05, 4.69) is 15.9 Å². The summed E-state index contributed by atoms with van der Waals surface area (Å²) in [5.41, 5.74) is 0. The fourth-order valence-electron chi connectivity index (χ4n) is 0.987. The van der Waals surface area contributed by atoms with E-state index in [1.54, 1.807) is 6.92 Å². The van der Waals surface area contributed by atoms with Crippen molar-refractivity contribution in [2.24, 2.45) is 0 Å². The van der Waals surface area contributed by atoms with Crippen LogP contribution in [0.15, 0.2) is 27.6 Å². The molecule has 0 bridgehead atoms. The average molecular weight is 296 g/mol. The summed E-state index contributed by atoms with van der Waals surface area (Å²) in [6, 6.07) is 3.76. The average Bonchev–Trinajstić information content (AvgIpc) is 2.20. The lowest BCUT2D eigenvalue weighted by Crippen LogP contribution is -2.26. The van der Waals surface area contributed by atoms with Crippen molar-refractivity contribution in [2.75, 3.05) is 13.6 Å². The van der Waals surface area contributed by atoms with Gasteiger partial charge in [0.1, 0.15) is 5.82 Å². The fourth-order valence-corrected chi connectivity index (χ4v) is 2.43. The van der Waals surface area contributed by atoms with Crippen LogP contribution in [0, 0.1) is 5.82 Å². The second kappa shape index (κ2) is 4.59. The Kier molecular flexibility index (Phi) is 3.86. The van der Waals surface area contributed by atoms with Crippen LogP contribution in [-0.4, -0.2) is 26.3 Å². The van der Waals surface area contributed by atoms with Crippen LogP contribution in [0.2, 0.25) is 0 Å². The quantitative estimate of drug-likeness (QED) is 0.857. The van der Waals surface area contributed by atoms with E-state index in [1.807, 2.05) is 0 Å². The van der Waals surface area contributed by atoms with Crippen LogP contribution < -0.4 is 0 Å². The highest BCUT2D eigenvalue weighted by Gasteiger charge is 2.20. The molecule has 0 aliphatic carbocycles. The summed E-state index contributed by atoms with van der Waals surface area (Å²) in [6.07, 6.45) is 0. The first-order valence-electron chi connectivity index (χ1n) is 4.31. The van der Waals surface area contributed by atoms with Gasteiger partial charge in [-0.25, -0.2) is 17.1 Å². The number of hydrogen-bond acceptors (Lipinski definition) is 2. The minimum absolute atomic E-state index is 0.0347. The van der Waals surface area contributed by atoms with Gasteiger partial charge in [-0.2, -0.15) is 0 Å². The van der Waals surface area contributed by atoms with Crippen LogP contribution in [0.3, 0.4) is 0 Å². The molecule has 0 aliphatic rings. The molecule has 0 aliphatic heterocycles. The molecule has 15 heavy (non-hydrogen) atoms. The molecule has 0 fully saturated rings. The molecule has 0 saturated heterocycles. The highest BCUT2D eigenvalue weighted by molar-refractivity contribution is 9.10. The van der Waals surface area contributed by atoms with Crippen molar-refractivity contribution in [2.45, 2.75) is 11.8 Å². The van der Waals surface area contributed by atoms with Crippen LogP contribution in [-0.2, 0) is 10.0 Å². The normalized spacial score (nSPS) is 12.1. The summed E-state index contributed by atoms with van der Waals surface area (Å²) in [7, 11) is -2.10. The van der Waals surface area contributed by atoms with Gasteiger partial charge in [0, 0.05) is 13.6 Å². The fraction of sp³-hybridized carbons (Fsp3) is 0.333. The van der Waals surface area contributed by atoms with Crippen molar-refractivity contribution in [3.8, 4) is 0 Å². The lowest BCUT2D eigenvalue weighted by atomic mass is 10.3. The monoisotopic (exact) mass is 295 g/mol. The molecule has 6 heteroatoms. The number of rotatable bonds is 3. The van der Waals surface area contributed by atoms with E-state index in [9.17, 15) is 12.8 Å². The third kappa shape index (κ3) is 2.56. The lowest BCUT2D eigenvalue weighted by Gasteiger charge is -2.14. The van der Waals surface area contributed by atoms with Crippen LogP contribution in [0.25, 0.3) is 0 Å². The largest absolute Gasteiger partial charge is 0.242 e. The smallest absolute Gasteiger partial charge is 0.207 e. The van der Waals surface area contributed by atoms with Gasteiger partial charge in [-0.3, -0.25) is 0 Å². The highest BCUT2D eigenvalue weighted by atomic mass is 79.9. The van der Waals surface area contributed by atoms with Gasteiger partial charge in [-0.1, -0.05) is 6.92 Å². The maximum atomic E-state index is 13.1. The Labute approximate surface area is 97.1 Å². The molecule has 1 aromatic rings. The molecular formula is C9H11BrFNO2S. The van der Waals surface area contributed by atoms with Gasteiger partial charge in [0.25, 0.3) is 0 Å². The van der Waals surface area contributed by atoms with Crippen molar-refractivity contribution in [1.82, 2.24) is 4.31 Å². The van der Waals surface area contributed by atoms with Crippen LogP contribution >= 0.6 is 15.9 Å². The standard InChI is InChI=1S/C9H11BrFNO2S/c1-3-12(2)15(13,14)7-4-5-8(10)9(11)6-7/h4-6H,3H2,1-2H3. The number of benzene rings is 1. The molecule has 1 rings (SSSR count). The van der Waals surface area contributed by atoms with Gasteiger partial charge in [0.2, 0.25) is 10.0 Å². The first kappa shape index (κ1) is 12.6. The number of halogens is 2. The number of hydrogen-bond donors (Lipinski definition) is 0. The summed E-state index contributed by atoms with van der Waals surface area (Å²) in [5.74, 6) is -0.583. The Morgan fingerprint density at radius 1 is 1.47 bits per heavy atom. The molecule has 0 amide bonds. The van der Waals surface area contributed by atoms with Crippen molar-refractivity contribution in [1.29, 1.82) is 0 Å². The van der Waals surface area contributed by atoms with Crippen LogP contribution in [0.4, 0.5) is 4.39 Å². The van der Waals surface area contributed by atoms with E-state index >= 15 is 0 Å². The Morgan fingerprint density at radius 3 is 2.53 bits per heavy atom. The topological polar surface area (TPSA) is 37.4 Å². The summed E-state index contributed by atoms with van der Waals surface area (Å²) < 4.78 is 38.1. The molecule has 0 spiro atoms. The van der Waals surface area contributed by atoms with Crippen LogP contribution in [0.5, 0.6) is 0 Å². The van der Waals surface area contributed by atoms with E-state index in [0.717, 1.165) is 10.4 Å². The molecule has 3 nitrogen and oxygen atoms in total. The Hall–Kier alpha value is -0.460. The van der Waals surface area contributed by atoms with Gasteiger partial charge >= 0.3 is 0 Å². The zero-order chi connectivity index (χ0) is 11.6. The van der Waals surface area contributed by atoms with Gasteiger partial charge in [-0.05, 0) is 34.1 Å². The van der Waals surface area contributed by atoms with Crippen molar-refractivity contribution < 1.29 is 12.8 Å². The molecule has 0 aromatic heterocycles. The molecule has 1 aromatic carbocycles. The second-order valence-electron chi connectivity index (χ2n) is 3.00. The maximum absolute atomic E-state index is 13.1. The highest BCUT2D eigenvalue weighted by Crippen LogP contribution is 2.21. The number of sulfonamides is 1. The van der Waals surface area contributed by atoms with Crippen molar-refractivity contribution in [3.05, 3.63) is 28.5 Å². The Morgan fingerprint density at radius 2 is 2.07 bits per heavy atom. The first-order valence-corrected chi connectivity index (χ1v) is 6.54. The summed E-state index contributed by atoms with van der Waals surface area (Å²) in [5, 5.41) is 0. The first-order chi connectivity index (χ1) is 6.89. The van der Waals surface area contributed by atoms with Crippen molar-refractivity contribution >= 4 is 26.0 Å². The molecule has 84 valence electrons. The summed E-state index contributed by atoms with van der Waals surface area (Å²) >= 11 is 2.97. The molecule has 0 atom stereocenters. The maximum Gasteiger partial charge on any atom is 0.242 e. The van der Waals surface area contributed by atoms with E-state index in [-0.39, 0.29) is 9.37 Å². The summed E-state index contributed by atoms with van der Waals surface area (Å²) in [6.45, 7) is 2.06. The van der Waals surface area contributed by atoms with Gasteiger partial charge < -0.3 is 0 Å². The Bertz CT molecular complexity index is 461. The zero-order valence-electron chi connectivity index (χ0n) is 8.37. The van der Waals surface area contributed by atoms with Gasteiger partial charge in [0.15, 0.2) is 0 Å². The molecule has 0 radical (unpaired) electrons. The van der Waals surface area contributed by atoms with E-state index < -0.39 is 15.8 Å². The van der Waals surface area contributed by atoms with E-state index in [0.29, 0.717) is 6.54 Å². The van der Waals surface area contributed by atoms with Gasteiger partial charge in [-0.15, -0.1) is 0 Å². The molecular weight excluding hydrogens is 285 g/mol.